The fourth-order valence-electron chi connectivity index (χ4n) is 2.91. The Kier molecular flexibility index (Phi) is 6.42. The SMILES string of the molecule is CNC1CCN(C(=O)CC(NC(C)=O)c2ccc(Cl)cc2)CC1. The second-order valence-corrected chi connectivity index (χ2v) is 6.39. The molecule has 1 saturated heterocycles. The van der Waals surface area contributed by atoms with Crippen LogP contribution in [0.4, 0.5) is 0 Å². The molecule has 0 aliphatic carbocycles. The minimum absolute atomic E-state index is 0.0771. The van der Waals surface area contributed by atoms with E-state index >= 15 is 0 Å². The quantitative estimate of drug-likeness (QED) is 0.865. The van der Waals surface area contributed by atoms with Crippen LogP contribution in [0.1, 0.15) is 37.8 Å². The normalized spacial score (nSPS) is 16.9. The number of nitrogens with one attached hydrogen (secondary N) is 2. The maximum Gasteiger partial charge on any atom is 0.224 e. The largest absolute Gasteiger partial charge is 0.349 e. The van der Waals surface area contributed by atoms with Crippen molar-refractivity contribution < 1.29 is 9.59 Å². The van der Waals surface area contributed by atoms with Gasteiger partial charge in [-0.3, -0.25) is 9.59 Å². The zero-order valence-electron chi connectivity index (χ0n) is 13.6. The molecule has 0 bridgehead atoms. The molecule has 1 heterocycles. The number of amides is 2. The van der Waals surface area contributed by atoms with Crippen molar-refractivity contribution in [3.8, 4) is 0 Å². The number of nitrogens with zero attached hydrogens (tertiary/aromatic N) is 1. The van der Waals surface area contributed by atoms with E-state index in [2.05, 4.69) is 10.6 Å². The second-order valence-electron chi connectivity index (χ2n) is 5.95. The van der Waals surface area contributed by atoms with Gasteiger partial charge in [0.2, 0.25) is 11.8 Å². The molecule has 1 aliphatic heterocycles. The topological polar surface area (TPSA) is 61.4 Å². The minimum Gasteiger partial charge on any atom is -0.349 e. The van der Waals surface area contributed by atoms with Crippen molar-refractivity contribution in [1.82, 2.24) is 15.5 Å². The van der Waals surface area contributed by atoms with Crippen molar-refractivity contribution in [1.29, 1.82) is 0 Å². The Morgan fingerprint density at radius 3 is 2.39 bits per heavy atom. The lowest BCUT2D eigenvalue weighted by Gasteiger charge is -2.33. The van der Waals surface area contributed by atoms with Crippen LogP contribution in [0.2, 0.25) is 5.02 Å². The van der Waals surface area contributed by atoms with Gasteiger partial charge in [-0.2, -0.15) is 0 Å². The number of benzene rings is 1. The number of halogens is 1. The zero-order chi connectivity index (χ0) is 16.8. The van der Waals surface area contributed by atoms with Gasteiger partial charge >= 0.3 is 0 Å². The highest BCUT2D eigenvalue weighted by atomic mass is 35.5. The maximum absolute atomic E-state index is 12.6. The van der Waals surface area contributed by atoms with Crippen LogP contribution in [0, 0.1) is 0 Å². The highest BCUT2D eigenvalue weighted by Gasteiger charge is 2.25. The van der Waals surface area contributed by atoms with Crippen LogP contribution in [0.3, 0.4) is 0 Å². The first-order chi connectivity index (χ1) is 11.0. The first-order valence-electron chi connectivity index (χ1n) is 7.97. The summed E-state index contributed by atoms with van der Waals surface area (Å²) < 4.78 is 0. The van der Waals surface area contributed by atoms with Gasteiger partial charge < -0.3 is 15.5 Å². The Labute approximate surface area is 142 Å². The van der Waals surface area contributed by atoms with Crippen molar-refractivity contribution in [2.75, 3.05) is 20.1 Å². The van der Waals surface area contributed by atoms with Crippen LogP contribution in [0.25, 0.3) is 0 Å². The third kappa shape index (κ3) is 5.22. The number of carbonyl (C=O) groups excluding carboxylic acids is 2. The van der Waals surface area contributed by atoms with Gasteiger partial charge in [-0.1, -0.05) is 23.7 Å². The molecule has 0 aromatic heterocycles. The molecule has 126 valence electrons. The van der Waals surface area contributed by atoms with Gasteiger partial charge in [0.25, 0.3) is 0 Å². The molecular formula is C17H24ClN3O2. The lowest BCUT2D eigenvalue weighted by atomic mass is 10.0. The number of rotatable bonds is 5. The molecule has 1 unspecified atom stereocenters. The van der Waals surface area contributed by atoms with Crippen LogP contribution in [-0.2, 0) is 9.59 Å². The molecule has 2 amide bonds. The molecule has 23 heavy (non-hydrogen) atoms. The molecule has 0 radical (unpaired) electrons. The summed E-state index contributed by atoms with van der Waals surface area (Å²) in [6.07, 6.45) is 2.20. The van der Waals surface area contributed by atoms with E-state index in [1.54, 1.807) is 12.1 Å². The third-order valence-corrected chi connectivity index (χ3v) is 4.54. The summed E-state index contributed by atoms with van der Waals surface area (Å²) in [6.45, 7) is 2.99. The molecule has 1 aliphatic rings. The summed E-state index contributed by atoms with van der Waals surface area (Å²) in [6, 6.07) is 7.41. The average Bonchev–Trinajstić information content (AvgIpc) is 2.54. The zero-order valence-corrected chi connectivity index (χ0v) is 14.4. The Balaban J connectivity index is 2.01. The van der Waals surface area contributed by atoms with Gasteiger partial charge in [-0.25, -0.2) is 0 Å². The summed E-state index contributed by atoms with van der Waals surface area (Å²) in [7, 11) is 1.95. The molecule has 0 spiro atoms. The van der Waals surface area contributed by atoms with Crippen molar-refractivity contribution in [3.05, 3.63) is 34.9 Å². The monoisotopic (exact) mass is 337 g/mol. The molecule has 2 rings (SSSR count). The predicted octanol–water partition coefficient (Wildman–Crippen LogP) is 2.12. The lowest BCUT2D eigenvalue weighted by Crippen LogP contribution is -2.45. The van der Waals surface area contributed by atoms with E-state index < -0.39 is 0 Å². The number of hydrogen-bond acceptors (Lipinski definition) is 3. The summed E-state index contributed by atoms with van der Waals surface area (Å²) in [5.41, 5.74) is 0.892. The van der Waals surface area contributed by atoms with Crippen LogP contribution < -0.4 is 10.6 Å². The molecule has 1 aromatic carbocycles. The van der Waals surface area contributed by atoms with E-state index in [1.807, 2.05) is 24.1 Å². The van der Waals surface area contributed by atoms with E-state index in [9.17, 15) is 9.59 Å². The van der Waals surface area contributed by atoms with E-state index in [0.29, 0.717) is 11.1 Å². The molecule has 6 heteroatoms. The van der Waals surface area contributed by atoms with E-state index in [-0.39, 0.29) is 24.3 Å². The second kappa shape index (κ2) is 8.31. The fraction of sp³-hybridized carbons (Fsp3) is 0.529. The van der Waals surface area contributed by atoms with Gasteiger partial charge in [-0.05, 0) is 37.6 Å². The summed E-state index contributed by atoms with van der Waals surface area (Å²) >= 11 is 5.91. The van der Waals surface area contributed by atoms with Gasteiger partial charge in [0.05, 0.1) is 12.5 Å². The number of hydrogen-bond donors (Lipinski definition) is 2. The first-order valence-corrected chi connectivity index (χ1v) is 8.35. The summed E-state index contributed by atoms with van der Waals surface area (Å²) in [5, 5.41) is 6.75. The molecule has 2 N–H and O–H groups in total. The Morgan fingerprint density at radius 1 is 1.26 bits per heavy atom. The lowest BCUT2D eigenvalue weighted by molar-refractivity contribution is -0.133. The minimum atomic E-state index is -0.320. The van der Waals surface area contributed by atoms with Crippen molar-refractivity contribution in [2.45, 2.75) is 38.3 Å². The van der Waals surface area contributed by atoms with Crippen molar-refractivity contribution in [3.63, 3.8) is 0 Å². The Morgan fingerprint density at radius 2 is 1.87 bits per heavy atom. The Bertz CT molecular complexity index is 539. The van der Waals surface area contributed by atoms with Crippen molar-refractivity contribution >= 4 is 23.4 Å². The number of piperidine rings is 1. The van der Waals surface area contributed by atoms with Crippen LogP contribution in [0.15, 0.2) is 24.3 Å². The summed E-state index contributed by atoms with van der Waals surface area (Å²) in [5.74, 6) is -0.0695. The smallest absolute Gasteiger partial charge is 0.224 e. The predicted molar refractivity (Wildman–Crippen MR) is 91.3 cm³/mol. The molecule has 1 fully saturated rings. The van der Waals surface area contributed by atoms with E-state index in [1.165, 1.54) is 6.92 Å². The highest BCUT2D eigenvalue weighted by Crippen LogP contribution is 2.21. The average molecular weight is 338 g/mol. The van der Waals surface area contributed by atoms with E-state index in [0.717, 1.165) is 31.5 Å². The molecular weight excluding hydrogens is 314 g/mol. The third-order valence-electron chi connectivity index (χ3n) is 4.28. The fourth-order valence-corrected chi connectivity index (χ4v) is 3.04. The van der Waals surface area contributed by atoms with Crippen LogP contribution in [-0.4, -0.2) is 42.9 Å². The molecule has 1 aromatic rings. The maximum atomic E-state index is 12.6. The van der Waals surface area contributed by atoms with Gasteiger partial charge in [0.1, 0.15) is 0 Å². The van der Waals surface area contributed by atoms with Gasteiger partial charge in [-0.15, -0.1) is 0 Å². The van der Waals surface area contributed by atoms with Crippen molar-refractivity contribution in [2.24, 2.45) is 0 Å². The standard InChI is InChI=1S/C17H24ClN3O2/c1-12(22)20-16(13-3-5-14(18)6-4-13)11-17(23)21-9-7-15(19-2)8-10-21/h3-6,15-16,19H,7-11H2,1-2H3,(H,20,22). The van der Waals surface area contributed by atoms with Gasteiger partial charge in [0, 0.05) is 31.1 Å². The van der Waals surface area contributed by atoms with Crippen LogP contribution >= 0.6 is 11.6 Å². The summed E-state index contributed by atoms with van der Waals surface area (Å²) in [4.78, 5) is 25.9. The Hall–Kier alpha value is -1.59. The molecule has 0 saturated carbocycles. The number of carbonyl (C=O) groups is 2. The highest BCUT2D eigenvalue weighted by molar-refractivity contribution is 6.30. The van der Waals surface area contributed by atoms with Gasteiger partial charge in [0.15, 0.2) is 0 Å². The first kappa shape index (κ1) is 17.8. The molecule has 5 nitrogen and oxygen atoms in total. The number of likely N-dealkylation sites (tertiary alicyclic amines) is 1. The van der Waals surface area contributed by atoms with Crippen LogP contribution in [0.5, 0.6) is 0 Å². The van der Waals surface area contributed by atoms with E-state index in [4.69, 9.17) is 11.6 Å². The molecule has 1 atom stereocenters.